The predicted molar refractivity (Wildman–Crippen MR) is 103 cm³/mol. The Bertz CT molecular complexity index is 527. The molecule has 0 bridgehead atoms. The second kappa shape index (κ2) is 11.5. The molecule has 6 atom stereocenters. The van der Waals surface area contributed by atoms with Gasteiger partial charge in [0.2, 0.25) is 0 Å². The van der Waals surface area contributed by atoms with Crippen molar-refractivity contribution in [1.82, 2.24) is 0 Å². The highest BCUT2D eigenvalue weighted by Crippen LogP contribution is 2.40. The first-order valence-corrected chi connectivity index (χ1v) is 10.5. The summed E-state index contributed by atoms with van der Waals surface area (Å²) in [5.74, 6) is -3.93. The molecule has 6 unspecified atom stereocenters. The maximum absolute atomic E-state index is 11.6. The molecule has 0 aromatic heterocycles. The molecule has 28 heavy (non-hydrogen) atoms. The van der Waals surface area contributed by atoms with Gasteiger partial charge in [0, 0.05) is 12.5 Å². The number of unbranched alkanes of at least 4 members (excludes halogenated alkanes) is 2. The van der Waals surface area contributed by atoms with E-state index in [4.69, 9.17) is 14.6 Å². The third-order valence-electron chi connectivity index (χ3n) is 5.78. The molecule has 1 saturated heterocycles. The molecule has 0 spiro atoms. The van der Waals surface area contributed by atoms with Crippen LogP contribution in [0.15, 0.2) is 12.2 Å². The van der Waals surface area contributed by atoms with Gasteiger partial charge >= 0.3 is 11.9 Å². The zero-order valence-corrected chi connectivity index (χ0v) is 16.7. The molecule has 0 aromatic carbocycles. The molecule has 1 saturated carbocycles. The fourth-order valence-electron chi connectivity index (χ4n) is 4.23. The largest absolute Gasteiger partial charge is 0.481 e. The fraction of sp³-hybridized carbons (Fsp3) is 0.810. The monoisotopic (exact) mass is 398 g/mol. The van der Waals surface area contributed by atoms with E-state index in [0.29, 0.717) is 6.61 Å². The van der Waals surface area contributed by atoms with E-state index in [9.17, 15) is 19.8 Å². The lowest BCUT2D eigenvalue weighted by molar-refractivity contribution is -0.179. The number of ether oxygens (including phenoxy) is 2. The average Bonchev–Trinajstić information content (AvgIpc) is 2.96. The van der Waals surface area contributed by atoms with Gasteiger partial charge in [-0.2, -0.15) is 0 Å². The van der Waals surface area contributed by atoms with Crippen LogP contribution in [0.5, 0.6) is 0 Å². The van der Waals surface area contributed by atoms with Crippen LogP contribution in [0.4, 0.5) is 0 Å². The molecule has 7 heteroatoms. The maximum atomic E-state index is 11.6. The molecule has 2 rings (SSSR count). The van der Waals surface area contributed by atoms with Crippen LogP contribution in [0.3, 0.4) is 0 Å². The molecular weight excluding hydrogens is 364 g/mol. The number of allylic oxidation sites excluding steroid dienone is 1. The van der Waals surface area contributed by atoms with Crippen molar-refractivity contribution in [3.05, 3.63) is 12.2 Å². The van der Waals surface area contributed by atoms with Crippen molar-refractivity contribution in [2.24, 2.45) is 17.8 Å². The third-order valence-corrected chi connectivity index (χ3v) is 5.78. The van der Waals surface area contributed by atoms with Gasteiger partial charge in [-0.1, -0.05) is 38.3 Å². The Kier molecular flexibility index (Phi) is 9.41. The Balaban J connectivity index is 2.09. The van der Waals surface area contributed by atoms with Gasteiger partial charge in [-0.15, -0.1) is 0 Å². The van der Waals surface area contributed by atoms with Gasteiger partial charge in [0.25, 0.3) is 0 Å². The number of hydrogen-bond acceptors (Lipinski definition) is 5. The normalized spacial score (nSPS) is 31.9. The fourth-order valence-corrected chi connectivity index (χ4v) is 4.23. The van der Waals surface area contributed by atoms with E-state index in [0.717, 1.165) is 44.9 Å². The smallest absolute Gasteiger partial charge is 0.307 e. The summed E-state index contributed by atoms with van der Waals surface area (Å²) < 4.78 is 11.8. The van der Waals surface area contributed by atoms with Gasteiger partial charge < -0.3 is 24.8 Å². The Morgan fingerprint density at radius 3 is 2.64 bits per heavy atom. The maximum Gasteiger partial charge on any atom is 0.307 e. The van der Waals surface area contributed by atoms with E-state index < -0.39 is 35.8 Å². The molecule has 7 nitrogen and oxygen atoms in total. The summed E-state index contributed by atoms with van der Waals surface area (Å²) in [7, 11) is 0. The van der Waals surface area contributed by atoms with E-state index in [-0.39, 0.29) is 25.2 Å². The Hall–Kier alpha value is -1.44. The molecule has 160 valence electrons. The third kappa shape index (κ3) is 6.87. The molecule has 0 amide bonds. The number of rotatable bonds is 11. The van der Waals surface area contributed by atoms with Crippen LogP contribution >= 0.6 is 0 Å². The highest BCUT2D eigenvalue weighted by molar-refractivity contribution is 5.72. The van der Waals surface area contributed by atoms with Gasteiger partial charge in [-0.25, -0.2) is 0 Å². The van der Waals surface area contributed by atoms with E-state index in [1.165, 1.54) is 0 Å². The molecule has 3 N–H and O–H groups in total. The number of aliphatic carboxylic acids is 2. The first-order valence-electron chi connectivity index (χ1n) is 10.5. The first kappa shape index (κ1) is 22.8. The topological polar surface area (TPSA) is 113 Å². The summed E-state index contributed by atoms with van der Waals surface area (Å²) in [5, 5.41) is 28.9. The summed E-state index contributed by atoms with van der Waals surface area (Å²) in [5.41, 5.74) is 0. The zero-order valence-electron chi connectivity index (χ0n) is 16.7. The van der Waals surface area contributed by atoms with Crippen molar-refractivity contribution in [1.29, 1.82) is 0 Å². The second-order valence-electron chi connectivity index (χ2n) is 7.94. The zero-order chi connectivity index (χ0) is 20.5. The molecule has 2 aliphatic rings. The van der Waals surface area contributed by atoms with Crippen LogP contribution in [0, 0.1) is 17.8 Å². The van der Waals surface area contributed by atoms with Gasteiger partial charge in [0.05, 0.1) is 24.5 Å². The summed E-state index contributed by atoms with van der Waals surface area (Å²) in [4.78, 5) is 22.8. The number of hydrogen-bond donors (Lipinski definition) is 3. The number of carboxylic acids is 2. The second-order valence-corrected chi connectivity index (χ2v) is 7.94. The molecule has 2 fully saturated rings. The average molecular weight is 398 g/mol. The van der Waals surface area contributed by atoms with Crippen LogP contribution in [-0.2, 0) is 19.1 Å². The lowest BCUT2D eigenvalue weighted by Crippen LogP contribution is -2.28. The van der Waals surface area contributed by atoms with Gasteiger partial charge in [-0.05, 0) is 38.0 Å². The Labute approximate surface area is 166 Å². The number of aliphatic hydroxyl groups is 1. The Morgan fingerprint density at radius 2 is 2.04 bits per heavy atom. The van der Waals surface area contributed by atoms with Crippen molar-refractivity contribution < 1.29 is 34.4 Å². The summed E-state index contributed by atoms with van der Waals surface area (Å²) in [6.45, 7) is 2.82. The van der Waals surface area contributed by atoms with Crippen LogP contribution < -0.4 is 0 Å². The van der Waals surface area contributed by atoms with Crippen molar-refractivity contribution in [3.8, 4) is 0 Å². The Morgan fingerprint density at radius 1 is 1.25 bits per heavy atom. The first-order chi connectivity index (χ1) is 13.4. The molecule has 0 radical (unpaired) electrons. The highest BCUT2D eigenvalue weighted by atomic mass is 16.7. The van der Waals surface area contributed by atoms with Crippen molar-refractivity contribution in [2.75, 3.05) is 6.61 Å². The summed E-state index contributed by atoms with van der Waals surface area (Å²) >= 11 is 0. The molecule has 0 aromatic rings. The van der Waals surface area contributed by atoms with Gasteiger partial charge in [-0.3, -0.25) is 9.59 Å². The minimum Gasteiger partial charge on any atom is -0.481 e. The van der Waals surface area contributed by atoms with E-state index >= 15 is 0 Å². The van der Waals surface area contributed by atoms with Crippen LogP contribution in [-0.4, -0.2) is 52.4 Å². The molecule has 1 heterocycles. The number of carbonyl (C=O) groups is 2. The lowest BCUT2D eigenvalue weighted by Gasteiger charge is -2.27. The molecule has 1 aliphatic carbocycles. The van der Waals surface area contributed by atoms with Gasteiger partial charge in [0.15, 0.2) is 6.29 Å². The number of carboxylic acid groups (broad SMARTS) is 2. The summed E-state index contributed by atoms with van der Waals surface area (Å²) in [6.07, 6.45) is 9.01. The number of aliphatic hydroxyl groups excluding tert-OH is 1. The SMILES string of the molecule is CCCCCC(C=CC1C(C(=O)O)CC(O)C1CC(=O)O)OC1CCCCO1. The van der Waals surface area contributed by atoms with Crippen LogP contribution in [0.1, 0.15) is 64.7 Å². The minimum absolute atomic E-state index is 0.0788. The van der Waals surface area contributed by atoms with Crippen molar-refractivity contribution in [2.45, 2.75) is 83.2 Å². The highest BCUT2D eigenvalue weighted by Gasteiger charge is 2.45. The lowest BCUT2D eigenvalue weighted by atomic mass is 9.86. The van der Waals surface area contributed by atoms with Crippen molar-refractivity contribution in [3.63, 3.8) is 0 Å². The van der Waals surface area contributed by atoms with Gasteiger partial charge in [0.1, 0.15) is 0 Å². The van der Waals surface area contributed by atoms with Crippen LogP contribution in [0.2, 0.25) is 0 Å². The van der Waals surface area contributed by atoms with Crippen molar-refractivity contribution >= 4 is 11.9 Å². The van der Waals surface area contributed by atoms with E-state index in [1.54, 1.807) is 6.08 Å². The quantitative estimate of drug-likeness (QED) is 0.362. The standard InChI is InChI=1S/C21H34O7/c1-2-3-4-7-14(28-20-8-5-6-11-27-20)9-10-15-16(13-19(23)24)18(22)12-17(15)21(25)26/h9-10,14-18,20,22H,2-8,11-13H2,1H3,(H,23,24)(H,25,26). The molecular formula is C21H34O7. The molecule has 1 aliphatic heterocycles. The predicted octanol–water partition coefficient (Wildman–Crippen LogP) is 3.21. The minimum atomic E-state index is -1.03. The van der Waals surface area contributed by atoms with E-state index in [2.05, 4.69) is 6.92 Å². The van der Waals surface area contributed by atoms with Crippen LogP contribution in [0.25, 0.3) is 0 Å². The van der Waals surface area contributed by atoms with E-state index in [1.807, 2.05) is 6.08 Å². The summed E-state index contributed by atoms with van der Waals surface area (Å²) in [6, 6.07) is 0.